The van der Waals surface area contributed by atoms with Crippen molar-refractivity contribution in [3.05, 3.63) is 117 Å². The summed E-state index contributed by atoms with van der Waals surface area (Å²) < 4.78 is 0. The molecule has 0 spiro atoms. The second-order valence-corrected chi connectivity index (χ2v) is 9.95. The third-order valence-corrected chi connectivity index (χ3v) is 7.61. The predicted octanol–water partition coefficient (Wildman–Crippen LogP) is 2.79. The molecule has 3 aliphatic heterocycles. The summed E-state index contributed by atoms with van der Waals surface area (Å²) in [5.74, 6) is -6.74. The molecule has 3 aliphatic rings. The van der Waals surface area contributed by atoms with E-state index in [2.05, 4.69) is 5.43 Å². The van der Waals surface area contributed by atoms with E-state index in [1.807, 2.05) is 0 Å². The first-order valence-corrected chi connectivity index (χ1v) is 12.9. The lowest BCUT2D eigenvalue weighted by molar-refractivity contribution is 0.00523. The van der Waals surface area contributed by atoms with Crippen LogP contribution in [-0.2, 0) is 0 Å². The van der Waals surface area contributed by atoms with Crippen LogP contribution in [0.1, 0.15) is 89.8 Å². The van der Waals surface area contributed by atoms with Gasteiger partial charge in [0.05, 0.1) is 33.4 Å². The van der Waals surface area contributed by atoms with Gasteiger partial charge in [0, 0.05) is 21.9 Å². The van der Waals surface area contributed by atoms with Crippen LogP contribution in [0.15, 0.2) is 72.8 Å². The minimum Gasteiger partial charge on any atom is -0.294 e. The summed E-state index contributed by atoms with van der Waals surface area (Å²) in [6.07, 6.45) is 0. The number of nitrogens with zero attached hydrogens (tertiary/aromatic N) is 3. The minimum atomic E-state index is -1.02. The zero-order valence-corrected chi connectivity index (χ0v) is 22.0. The Balaban J connectivity index is 1.33. The SMILES string of the molecule is CC(=O)c1ccc2c3c(ccc(C(=O)NN4C(=O)c5ccccc5C4=O)c13)C(=O)N(N1C(=O)c3ccccc3C1=O)C2=O. The molecule has 3 heterocycles. The number of hydrogen-bond donors (Lipinski definition) is 1. The Labute approximate surface area is 241 Å². The first-order chi connectivity index (χ1) is 20.6. The van der Waals surface area contributed by atoms with Gasteiger partial charge in [-0.15, -0.1) is 0 Å². The normalized spacial score (nSPS) is 15.4. The maximum atomic E-state index is 13.8. The standard InChI is InChI=1S/C31H16N4O8/c1-14(36)15-10-12-21-24-22(31(43)35(30(21)42)34-28(40)18-8-4-5-9-19(18)29(34)41)13-11-20(23(15)24)25(37)32-33-26(38)16-6-2-3-7-17(16)27(33)39/h2-13H,1H3,(H,32,37). The lowest BCUT2D eigenvalue weighted by atomic mass is 9.87. The second kappa shape index (κ2) is 8.85. The fourth-order valence-electron chi connectivity index (χ4n) is 5.65. The van der Waals surface area contributed by atoms with Crippen LogP contribution in [0.2, 0.25) is 0 Å². The molecule has 0 bridgehead atoms. The van der Waals surface area contributed by atoms with Crippen LogP contribution in [0, 0.1) is 0 Å². The lowest BCUT2D eigenvalue weighted by Gasteiger charge is -2.32. The Bertz CT molecular complexity index is 2010. The molecule has 0 fully saturated rings. The van der Waals surface area contributed by atoms with Gasteiger partial charge in [-0.25, -0.2) is 0 Å². The molecule has 0 saturated heterocycles. The van der Waals surface area contributed by atoms with Gasteiger partial charge in [-0.3, -0.25) is 43.8 Å². The highest BCUT2D eigenvalue weighted by molar-refractivity contribution is 6.33. The molecule has 7 amide bonds. The largest absolute Gasteiger partial charge is 0.294 e. The van der Waals surface area contributed by atoms with Gasteiger partial charge in [0.2, 0.25) is 0 Å². The Hall–Kier alpha value is -6.30. The molecule has 0 unspecified atom stereocenters. The molecule has 4 aromatic carbocycles. The van der Waals surface area contributed by atoms with Gasteiger partial charge in [0.15, 0.2) is 5.78 Å². The highest BCUT2D eigenvalue weighted by atomic mass is 16.2. The molecule has 0 saturated carbocycles. The molecule has 208 valence electrons. The number of benzene rings is 4. The third-order valence-electron chi connectivity index (χ3n) is 7.61. The summed E-state index contributed by atoms with van der Waals surface area (Å²) in [7, 11) is 0. The van der Waals surface area contributed by atoms with Crippen LogP contribution in [0.25, 0.3) is 10.8 Å². The van der Waals surface area contributed by atoms with E-state index in [0.717, 1.165) is 0 Å². The summed E-state index contributed by atoms with van der Waals surface area (Å²) in [5, 5.41) is 1.36. The summed E-state index contributed by atoms with van der Waals surface area (Å²) in [4.78, 5) is 106. The second-order valence-electron chi connectivity index (χ2n) is 9.95. The van der Waals surface area contributed by atoms with Gasteiger partial charge in [-0.2, -0.15) is 15.0 Å². The van der Waals surface area contributed by atoms with E-state index >= 15 is 0 Å². The van der Waals surface area contributed by atoms with Crippen molar-refractivity contribution in [2.24, 2.45) is 0 Å². The highest BCUT2D eigenvalue weighted by Crippen LogP contribution is 2.37. The zero-order chi connectivity index (χ0) is 30.3. The Morgan fingerprint density at radius 1 is 0.488 bits per heavy atom. The van der Waals surface area contributed by atoms with Gasteiger partial charge < -0.3 is 0 Å². The number of nitrogens with one attached hydrogen (secondary N) is 1. The van der Waals surface area contributed by atoms with Crippen LogP contribution in [0.5, 0.6) is 0 Å². The average Bonchev–Trinajstić information content (AvgIpc) is 3.40. The van der Waals surface area contributed by atoms with Gasteiger partial charge in [-0.1, -0.05) is 24.3 Å². The van der Waals surface area contributed by atoms with E-state index in [4.69, 9.17) is 0 Å². The van der Waals surface area contributed by atoms with Gasteiger partial charge in [0.1, 0.15) is 0 Å². The molecule has 1 N–H and O–H groups in total. The van der Waals surface area contributed by atoms with E-state index < -0.39 is 47.1 Å². The maximum absolute atomic E-state index is 13.8. The van der Waals surface area contributed by atoms with E-state index in [1.165, 1.54) is 55.5 Å². The van der Waals surface area contributed by atoms with Crippen LogP contribution in [0.3, 0.4) is 0 Å². The van der Waals surface area contributed by atoms with Crippen LogP contribution >= 0.6 is 0 Å². The van der Waals surface area contributed by atoms with Gasteiger partial charge in [-0.05, 0) is 55.5 Å². The summed E-state index contributed by atoms with van der Waals surface area (Å²) in [6, 6.07) is 16.9. The molecule has 12 heteroatoms. The molecule has 0 aliphatic carbocycles. The maximum Gasteiger partial charge on any atom is 0.281 e. The average molecular weight is 572 g/mol. The molecule has 43 heavy (non-hydrogen) atoms. The third kappa shape index (κ3) is 3.37. The lowest BCUT2D eigenvalue weighted by Crippen LogP contribution is -2.54. The predicted molar refractivity (Wildman–Crippen MR) is 146 cm³/mol. The summed E-state index contributed by atoms with van der Waals surface area (Å²) >= 11 is 0. The van der Waals surface area contributed by atoms with Crippen molar-refractivity contribution >= 4 is 57.9 Å². The van der Waals surface area contributed by atoms with E-state index in [0.29, 0.717) is 15.0 Å². The molecule has 0 radical (unpaired) electrons. The number of carbonyl (C=O) groups excluding carboxylic acids is 8. The van der Waals surface area contributed by atoms with Gasteiger partial charge >= 0.3 is 0 Å². The Morgan fingerprint density at radius 3 is 1.33 bits per heavy atom. The van der Waals surface area contributed by atoms with Crippen molar-refractivity contribution in [2.45, 2.75) is 6.92 Å². The van der Waals surface area contributed by atoms with Crippen molar-refractivity contribution in [1.82, 2.24) is 20.5 Å². The summed E-state index contributed by atoms with van der Waals surface area (Å²) in [6.45, 7) is 1.23. The Morgan fingerprint density at radius 2 is 0.884 bits per heavy atom. The number of carbonyl (C=O) groups is 8. The molecular weight excluding hydrogens is 556 g/mol. The number of hydrogen-bond acceptors (Lipinski definition) is 8. The monoisotopic (exact) mass is 572 g/mol. The number of Topliss-reactive ketones (excluding diaryl/α,β-unsaturated/α-hetero) is 1. The first kappa shape index (κ1) is 25.7. The topological polar surface area (TPSA) is 158 Å². The van der Waals surface area contributed by atoms with Crippen molar-refractivity contribution in [1.29, 1.82) is 0 Å². The number of fused-ring (bicyclic) bond motifs is 2. The van der Waals surface area contributed by atoms with Crippen LogP contribution in [-0.4, -0.2) is 62.2 Å². The van der Waals surface area contributed by atoms with Crippen molar-refractivity contribution in [3.8, 4) is 0 Å². The number of ketones is 1. The van der Waals surface area contributed by atoms with E-state index in [9.17, 15) is 38.4 Å². The van der Waals surface area contributed by atoms with Crippen LogP contribution in [0.4, 0.5) is 0 Å². The number of imide groups is 3. The summed E-state index contributed by atoms with van der Waals surface area (Å²) in [5.41, 5.74) is 2.01. The van der Waals surface area contributed by atoms with Crippen molar-refractivity contribution in [3.63, 3.8) is 0 Å². The quantitative estimate of drug-likeness (QED) is 0.289. The first-order valence-electron chi connectivity index (χ1n) is 12.9. The van der Waals surface area contributed by atoms with Crippen molar-refractivity contribution in [2.75, 3.05) is 0 Å². The number of hydrazine groups is 2. The zero-order valence-electron chi connectivity index (χ0n) is 22.0. The molecule has 0 atom stereocenters. The van der Waals surface area contributed by atoms with E-state index in [1.54, 1.807) is 24.3 Å². The van der Waals surface area contributed by atoms with Crippen molar-refractivity contribution < 1.29 is 38.4 Å². The fraction of sp³-hybridized carbons (Fsp3) is 0.0323. The smallest absolute Gasteiger partial charge is 0.281 e. The van der Waals surface area contributed by atoms with Crippen LogP contribution < -0.4 is 5.43 Å². The number of rotatable bonds is 4. The minimum absolute atomic E-state index is 0.0112. The fourth-order valence-corrected chi connectivity index (χ4v) is 5.65. The molecule has 7 rings (SSSR count). The molecule has 4 aromatic rings. The molecular formula is C31H16N4O8. The van der Waals surface area contributed by atoms with Gasteiger partial charge in [0.25, 0.3) is 41.4 Å². The molecule has 12 nitrogen and oxygen atoms in total. The number of amides is 7. The molecule has 0 aromatic heterocycles. The van der Waals surface area contributed by atoms with E-state index in [-0.39, 0.29) is 55.3 Å². The Kier molecular flexibility index (Phi) is 5.28. The highest BCUT2D eigenvalue weighted by Gasteiger charge is 2.47.